The molecule has 188 valence electrons. The molecule has 0 bridgehead atoms. The van der Waals surface area contributed by atoms with E-state index >= 15 is 0 Å². The van der Waals surface area contributed by atoms with Gasteiger partial charge in [-0.2, -0.15) is 0 Å². The molecule has 2 nitrogen and oxygen atoms in total. The van der Waals surface area contributed by atoms with Crippen molar-refractivity contribution in [1.29, 1.82) is 0 Å². The third-order valence-electron chi connectivity index (χ3n) is 6.55. The van der Waals surface area contributed by atoms with Crippen molar-refractivity contribution < 1.29 is 8.85 Å². The Labute approximate surface area is 198 Å². The predicted molar refractivity (Wildman–Crippen MR) is 142 cm³/mol. The van der Waals surface area contributed by atoms with E-state index in [4.69, 9.17) is 8.85 Å². The molecule has 0 saturated carbocycles. The Kier molecular flexibility index (Phi) is 24.9. The topological polar surface area (TPSA) is 18.5 Å². The molecule has 0 spiro atoms. The van der Waals surface area contributed by atoms with Crippen LogP contribution in [0.3, 0.4) is 0 Å². The van der Waals surface area contributed by atoms with E-state index in [-0.39, 0.29) is 0 Å². The van der Waals surface area contributed by atoms with Crippen LogP contribution in [0.25, 0.3) is 0 Å². The lowest BCUT2D eigenvalue weighted by Gasteiger charge is -2.27. The molecule has 0 heterocycles. The molecule has 0 atom stereocenters. The van der Waals surface area contributed by atoms with Gasteiger partial charge in [0.2, 0.25) is 0 Å². The average molecular weight is 457 g/mol. The molecule has 0 aromatic carbocycles. The lowest BCUT2D eigenvalue weighted by molar-refractivity contribution is 0.168. The summed E-state index contributed by atoms with van der Waals surface area (Å²) >= 11 is 0. The molecule has 0 saturated heterocycles. The predicted octanol–water partition coefficient (Wildman–Crippen LogP) is 10.3. The van der Waals surface area contributed by atoms with Crippen molar-refractivity contribution >= 4 is 8.56 Å². The summed E-state index contributed by atoms with van der Waals surface area (Å²) in [7, 11) is -1.93. The maximum atomic E-state index is 6.26. The quantitative estimate of drug-likeness (QED) is 0.0951. The first-order chi connectivity index (χ1) is 15.2. The van der Waals surface area contributed by atoms with Crippen LogP contribution in [0.5, 0.6) is 0 Å². The normalized spacial score (nSPS) is 12.0. The van der Waals surface area contributed by atoms with Crippen molar-refractivity contribution in [2.24, 2.45) is 0 Å². The Morgan fingerprint density at radius 2 is 0.677 bits per heavy atom. The first kappa shape index (κ1) is 31.1. The molecule has 0 rings (SSSR count). The van der Waals surface area contributed by atoms with E-state index in [9.17, 15) is 0 Å². The Balaban J connectivity index is 3.48. The third kappa shape index (κ3) is 23.1. The number of unbranched alkanes of at least 4 members (excludes halogenated alkanes) is 18. The molecule has 0 fully saturated rings. The van der Waals surface area contributed by atoms with Gasteiger partial charge in [-0.15, -0.1) is 0 Å². The summed E-state index contributed by atoms with van der Waals surface area (Å²) in [6, 6.07) is 1.18. The molecule has 0 N–H and O–H groups in total. The maximum Gasteiger partial charge on any atom is 0.334 e. The fraction of sp³-hybridized carbons (Fsp3) is 1.00. The van der Waals surface area contributed by atoms with Crippen LogP contribution < -0.4 is 0 Å². The minimum Gasteiger partial charge on any atom is -0.394 e. The zero-order valence-electron chi connectivity index (χ0n) is 22.3. The molecular formula is C28H60O2Si. The van der Waals surface area contributed by atoms with E-state index in [0.29, 0.717) is 0 Å². The Hall–Kier alpha value is 0.137. The zero-order chi connectivity index (χ0) is 22.9. The van der Waals surface area contributed by atoms with Crippen molar-refractivity contribution in [2.45, 2.75) is 168 Å². The van der Waals surface area contributed by atoms with Crippen LogP contribution in [0.4, 0.5) is 0 Å². The van der Waals surface area contributed by atoms with Gasteiger partial charge in [0.1, 0.15) is 0 Å². The van der Waals surface area contributed by atoms with Gasteiger partial charge in [0.25, 0.3) is 0 Å². The number of hydrogen-bond acceptors (Lipinski definition) is 2. The van der Waals surface area contributed by atoms with Gasteiger partial charge in [0, 0.05) is 13.2 Å². The Morgan fingerprint density at radius 3 is 1.00 bits per heavy atom. The summed E-state index contributed by atoms with van der Waals surface area (Å²) in [6.07, 6.45) is 29.1. The third-order valence-corrected chi connectivity index (χ3v) is 9.44. The van der Waals surface area contributed by atoms with Gasteiger partial charge in [-0.25, -0.2) is 0 Å². The maximum absolute atomic E-state index is 6.26. The van der Waals surface area contributed by atoms with Crippen LogP contribution in [0, 0.1) is 0 Å². The van der Waals surface area contributed by atoms with Crippen LogP contribution in [0.2, 0.25) is 12.6 Å². The molecule has 0 aromatic rings. The summed E-state index contributed by atoms with van der Waals surface area (Å²) in [4.78, 5) is 0. The van der Waals surface area contributed by atoms with Gasteiger partial charge in [-0.3, -0.25) is 0 Å². The number of hydrogen-bond donors (Lipinski definition) is 0. The molecule has 0 aliphatic heterocycles. The molecular weight excluding hydrogens is 396 g/mol. The summed E-state index contributed by atoms with van der Waals surface area (Å²) in [6.45, 7) is 10.8. The van der Waals surface area contributed by atoms with E-state index in [1.165, 1.54) is 141 Å². The lowest BCUT2D eigenvalue weighted by Crippen LogP contribution is -2.39. The van der Waals surface area contributed by atoms with Crippen molar-refractivity contribution in [1.82, 2.24) is 0 Å². The molecule has 0 aliphatic rings. The van der Waals surface area contributed by atoms with Gasteiger partial charge < -0.3 is 8.85 Å². The Bertz CT molecular complexity index is 325. The minimum atomic E-state index is -1.93. The first-order valence-electron chi connectivity index (χ1n) is 14.5. The van der Waals surface area contributed by atoms with Crippen LogP contribution in [-0.2, 0) is 8.85 Å². The van der Waals surface area contributed by atoms with Gasteiger partial charge in [0.05, 0.1) is 0 Å². The molecule has 0 aromatic heterocycles. The largest absolute Gasteiger partial charge is 0.394 e. The van der Waals surface area contributed by atoms with Crippen LogP contribution >= 0.6 is 0 Å². The molecule has 0 unspecified atom stereocenters. The molecule has 0 aliphatic carbocycles. The highest BCUT2D eigenvalue weighted by molar-refractivity contribution is 6.66. The smallest absolute Gasteiger partial charge is 0.334 e. The van der Waals surface area contributed by atoms with Crippen LogP contribution in [0.1, 0.15) is 156 Å². The van der Waals surface area contributed by atoms with Crippen molar-refractivity contribution in [3.8, 4) is 0 Å². The highest BCUT2D eigenvalue weighted by Gasteiger charge is 2.30. The molecule has 31 heavy (non-hydrogen) atoms. The van der Waals surface area contributed by atoms with Crippen LogP contribution in [-0.4, -0.2) is 21.8 Å². The Morgan fingerprint density at radius 1 is 0.387 bits per heavy atom. The molecule has 3 heteroatoms. The summed E-state index contributed by atoms with van der Waals surface area (Å²) in [5, 5.41) is 0. The highest BCUT2D eigenvalue weighted by Crippen LogP contribution is 2.20. The van der Waals surface area contributed by atoms with E-state index in [1.807, 2.05) is 0 Å². The van der Waals surface area contributed by atoms with E-state index < -0.39 is 8.56 Å². The molecule has 0 amide bonds. The summed E-state index contributed by atoms with van der Waals surface area (Å²) < 4.78 is 12.5. The first-order valence-corrected chi connectivity index (χ1v) is 17.0. The van der Waals surface area contributed by atoms with Gasteiger partial charge >= 0.3 is 8.56 Å². The van der Waals surface area contributed by atoms with Gasteiger partial charge in [0.15, 0.2) is 0 Å². The monoisotopic (exact) mass is 456 g/mol. The van der Waals surface area contributed by atoms with Crippen molar-refractivity contribution in [2.75, 3.05) is 13.2 Å². The zero-order valence-corrected chi connectivity index (χ0v) is 23.3. The van der Waals surface area contributed by atoms with Crippen LogP contribution in [0.15, 0.2) is 0 Å². The van der Waals surface area contributed by atoms with E-state index in [2.05, 4.69) is 27.3 Å². The second-order valence-corrected chi connectivity index (χ2v) is 13.3. The molecule has 0 radical (unpaired) electrons. The van der Waals surface area contributed by atoms with Gasteiger partial charge in [-0.1, -0.05) is 143 Å². The fourth-order valence-corrected chi connectivity index (χ4v) is 6.64. The minimum absolute atomic E-state index is 0.893. The second kappa shape index (κ2) is 24.8. The van der Waals surface area contributed by atoms with E-state index in [0.717, 1.165) is 13.2 Å². The van der Waals surface area contributed by atoms with E-state index in [1.54, 1.807) is 0 Å². The second-order valence-electron chi connectivity index (χ2n) is 9.94. The number of rotatable bonds is 26. The summed E-state index contributed by atoms with van der Waals surface area (Å²) in [5.41, 5.74) is 0. The highest BCUT2D eigenvalue weighted by atomic mass is 28.4. The SMILES string of the molecule is CCCCCCCCCCCCCCCCCCC[Si](C)(OCCCC)OCCCC. The summed E-state index contributed by atoms with van der Waals surface area (Å²) in [5.74, 6) is 0. The van der Waals surface area contributed by atoms with Crippen molar-refractivity contribution in [3.63, 3.8) is 0 Å². The average Bonchev–Trinajstić information content (AvgIpc) is 2.76. The van der Waals surface area contributed by atoms with Gasteiger partial charge in [-0.05, 0) is 25.4 Å². The van der Waals surface area contributed by atoms with Crippen molar-refractivity contribution in [3.05, 3.63) is 0 Å². The lowest BCUT2D eigenvalue weighted by atomic mass is 10.0. The fourth-order valence-electron chi connectivity index (χ4n) is 4.22. The standard InChI is InChI=1S/C28H60O2Si/c1-5-8-11-12-13-14-15-16-17-18-19-20-21-22-23-24-25-28-31(4,29-26-9-6-2)30-27-10-7-3/h5-28H2,1-4H3.